The van der Waals surface area contributed by atoms with Crippen LogP contribution < -0.4 is 0 Å². The molecule has 2 fully saturated rings. The van der Waals surface area contributed by atoms with Crippen molar-refractivity contribution in [3.63, 3.8) is 0 Å². The van der Waals surface area contributed by atoms with Crippen LogP contribution in [-0.2, 0) is 21.2 Å². The van der Waals surface area contributed by atoms with Gasteiger partial charge in [0, 0.05) is 22.7 Å². The van der Waals surface area contributed by atoms with Gasteiger partial charge in [0.25, 0.3) is 5.91 Å². The van der Waals surface area contributed by atoms with Crippen LogP contribution in [0.15, 0.2) is 29.3 Å². The highest BCUT2D eigenvalue weighted by atomic mass is 35.5. The fraction of sp³-hybridized carbons (Fsp3) is 0.500. The van der Waals surface area contributed by atoms with Crippen molar-refractivity contribution >= 4 is 44.3 Å². The van der Waals surface area contributed by atoms with Gasteiger partial charge >= 0.3 is 0 Å². The van der Waals surface area contributed by atoms with Gasteiger partial charge in [0.1, 0.15) is 0 Å². The molecule has 0 saturated carbocycles. The summed E-state index contributed by atoms with van der Waals surface area (Å²) in [6, 6.07) is 7.30. The number of hydrogen-bond donors (Lipinski definition) is 0. The van der Waals surface area contributed by atoms with E-state index in [0.29, 0.717) is 16.7 Å². The molecule has 3 rings (SSSR count). The number of amidine groups is 1. The molecule has 0 aliphatic carbocycles. The van der Waals surface area contributed by atoms with Gasteiger partial charge in [-0.25, -0.2) is 8.42 Å². The molecule has 24 heavy (non-hydrogen) atoms. The Kier molecular flexibility index (Phi) is 4.95. The Morgan fingerprint density at radius 1 is 1.33 bits per heavy atom. The molecule has 1 aromatic carbocycles. The summed E-state index contributed by atoms with van der Waals surface area (Å²) >= 11 is 7.33. The molecule has 0 aromatic heterocycles. The smallest absolute Gasteiger partial charge is 0.250 e. The van der Waals surface area contributed by atoms with Crippen molar-refractivity contribution in [1.29, 1.82) is 0 Å². The zero-order valence-electron chi connectivity index (χ0n) is 13.5. The predicted octanol–water partition coefficient (Wildman–Crippen LogP) is 2.59. The summed E-state index contributed by atoms with van der Waals surface area (Å²) in [5.74, 6) is -0.0947. The average Bonchev–Trinajstić information content (AvgIpc) is 2.94. The van der Waals surface area contributed by atoms with Gasteiger partial charge in [-0.2, -0.15) is 4.99 Å². The maximum Gasteiger partial charge on any atom is 0.250 e. The van der Waals surface area contributed by atoms with Gasteiger partial charge in [-0.15, -0.1) is 0 Å². The average molecular weight is 387 g/mol. The molecule has 5 nitrogen and oxygen atoms in total. The molecule has 130 valence electrons. The minimum absolute atomic E-state index is 0.0546. The van der Waals surface area contributed by atoms with Gasteiger partial charge in [0.05, 0.1) is 17.5 Å². The zero-order valence-corrected chi connectivity index (χ0v) is 15.9. The van der Waals surface area contributed by atoms with Crippen LogP contribution in [0.1, 0.15) is 19.4 Å². The van der Waals surface area contributed by atoms with E-state index in [1.54, 1.807) is 26.0 Å². The molecule has 2 aliphatic heterocycles. The molecule has 0 N–H and O–H groups in total. The monoisotopic (exact) mass is 386 g/mol. The van der Waals surface area contributed by atoms with Gasteiger partial charge in [-0.05, 0) is 17.7 Å². The van der Waals surface area contributed by atoms with Crippen molar-refractivity contribution < 1.29 is 13.2 Å². The summed E-state index contributed by atoms with van der Waals surface area (Å²) in [4.78, 5) is 18.2. The molecule has 0 spiro atoms. The normalized spacial score (nSPS) is 27.0. The molecule has 0 unspecified atom stereocenters. The van der Waals surface area contributed by atoms with Crippen LogP contribution in [-0.4, -0.2) is 47.2 Å². The van der Waals surface area contributed by atoms with E-state index in [4.69, 9.17) is 11.6 Å². The highest BCUT2D eigenvalue weighted by Crippen LogP contribution is 2.39. The molecular weight excluding hydrogens is 368 g/mol. The number of carbonyl (C=O) groups excluding carboxylic acids is 1. The molecule has 2 heterocycles. The van der Waals surface area contributed by atoms with Gasteiger partial charge in [-0.3, -0.25) is 4.79 Å². The quantitative estimate of drug-likeness (QED) is 0.798. The van der Waals surface area contributed by atoms with Crippen molar-refractivity contribution in [2.24, 2.45) is 10.9 Å². The lowest BCUT2D eigenvalue weighted by molar-refractivity contribution is -0.120. The van der Waals surface area contributed by atoms with Crippen molar-refractivity contribution in [3.05, 3.63) is 34.9 Å². The Labute approximate surface area is 151 Å². The molecule has 2 aliphatic rings. The summed E-state index contributed by atoms with van der Waals surface area (Å²) in [6.45, 7) is 4.13. The van der Waals surface area contributed by atoms with E-state index in [2.05, 4.69) is 4.99 Å². The Bertz CT molecular complexity index is 775. The number of hydrogen-bond acceptors (Lipinski definition) is 4. The molecule has 1 amide bonds. The minimum Gasteiger partial charge on any atom is -0.342 e. The highest BCUT2D eigenvalue weighted by molar-refractivity contribution is 8.15. The number of halogens is 1. The van der Waals surface area contributed by atoms with Gasteiger partial charge in [0.15, 0.2) is 15.0 Å². The van der Waals surface area contributed by atoms with Crippen LogP contribution in [0.25, 0.3) is 0 Å². The van der Waals surface area contributed by atoms with Gasteiger partial charge in [0.2, 0.25) is 0 Å². The Morgan fingerprint density at radius 3 is 2.62 bits per heavy atom. The van der Waals surface area contributed by atoms with E-state index >= 15 is 0 Å². The lowest BCUT2D eigenvalue weighted by Gasteiger charge is -2.24. The summed E-state index contributed by atoms with van der Waals surface area (Å²) in [7, 11) is -3.03. The van der Waals surface area contributed by atoms with Crippen LogP contribution >= 0.6 is 23.4 Å². The van der Waals surface area contributed by atoms with Crippen LogP contribution in [0, 0.1) is 5.92 Å². The lowest BCUT2D eigenvalue weighted by atomic mass is 10.1. The van der Waals surface area contributed by atoms with Crippen molar-refractivity contribution in [2.75, 3.05) is 11.5 Å². The second kappa shape index (κ2) is 6.69. The number of carbonyl (C=O) groups is 1. The highest BCUT2D eigenvalue weighted by Gasteiger charge is 2.48. The summed E-state index contributed by atoms with van der Waals surface area (Å²) in [5, 5.41) is 1.23. The first-order valence-corrected chi connectivity index (χ1v) is 10.8. The van der Waals surface area contributed by atoms with E-state index in [1.165, 1.54) is 11.8 Å². The summed E-state index contributed by atoms with van der Waals surface area (Å²) in [6.07, 6.45) is 0. The largest absolute Gasteiger partial charge is 0.342 e. The summed E-state index contributed by atoms with van der Waals surface area (Å²) in [5.41, 5.74) is 1.01. The van der Waals surface area contributed by atoms with E-state index in [1.807, 2.05) is 17.0 Å². The van der Waals surface area contributed by atoms with E-state index < -0.39 is 9.84 Å². The number of nitrogens with zero attached hydrogens (tertiary/aromatic N) is 2. The number of thioether (sulfide) groups is 1. The number of fused-ring (bicyclic) bond motifs is 1. The zero-order chi connectivity index (χ0) is 17.5. The number of aliphatic imine (C=N–C) groups is 1. The second-order valence-corrected chi connectivity index (χ2v) is 10.2. The van der Waals surface area contributed by atoms with Crippen LogP contribution in [0.4, 0.5) is 0 Å². The molecule has 1 aromatic rings. The number of rotatable bonds is 3. The SMILES string of the molecule is CC(C)C(=O)N=C1S[C@@H]2CS(=O)(=O)C[C@@H]2N1Cc1ccc(Cl)cc1. The fourth-order valence-corrected chi connectivity index (χ4v) is 6.91. The number of benzene rings is 1. The van der Waals surface area contributed by atoms with Crippen LogP contribution in [0.5, 0.6) is 0 Å². The van der Waals surface area contributed by atoms with Crippen LogP contribution in [0.2, 0.25) is 5.02 Å². The second-order valence-electron chi connectivity index (χ2n) is 6.44. The Balaban J connectivity index is 1.89. The fourth-order valence-electron chi connectivity index (χ4n) is 2.83. The van der Waals surface area contributed by atoms with E-state index in [-0.39, 0.29) is 34.6 Å². The van der Waals surface area contributed by atoms with Crippen molar-refractivity contribution in [3.8, 4) is 0 Å². The first-order valence-electron chi connectivity index (χ1n) is 7.76. The van der Waals surface area contributed by atoms with Crippen LogP contribution in [0.3, 0.4) is 0 Å². The minimum atomic E-state index is -3.03. The number of sulfone groups is 1. The van der Waals surface area contributed by atoms with E-state index in [0.717, 1.165) is 5.56 Å². The topological polar surface area (TPSA) is 66.8 Å². The third kappa shape index (κ3) is 3.78. The molecule has 0 radical (unpaired) electrons. The Hall–Kier alpha value is -1.05. The predicted molar refractivity (Wildman–Crippen MR) is 98.1 cm³/mol. The first kappa shape index (κ1) is 17.8. The molecule has 8 heteroatoms. The lowest BCUT2D eigenvalue weighted by Crippen LogP contribution is -2.37. The molecule has 0 bridgehead atoms. The maximum atomic E-state index is 12.0. The molecule has 2 saturated heterocycles. The molecular formula is C16H19ClN2O3S2. The Morgan fingerprint density at radius 2 is 2.00 bits per heavy atom. The third-order valence-corrected chi connectivity index (χ3v) is 7.64. The number of amides is 1. The van der Waals surface area contributed by atoms with Crippen molar-refractivity contribution in [2.45, 2.75) is 31.7 Å². The maximum absolute atomic E-state index is 12.0. The summed E-state index contributed by atoms with van der Waals surface area (Å²) < 4.78 is 23.9. The van der Waals surface area contributed by atoms with E-state index in [9.17, 15) is 13.2 Å². The van der Waals surface area contributed by atoms with Gasteiger partial charge in [-0.1, -0.05) is 49.3 Å². The third-order valence-electron chi connectivity index (χ3n) is 4.14. The standard InChI is InChI=1S/C16H19ClN2O3S2/c1-10(2)15(20)18-16-19(7-11-3-5-12(17)6-4-11)13-8-24(21,22)9-14(13)23-16/h3-6,10,13-14H,7-9H2,1-2H3/t13-,14+/m0/s1. The van der Waals surface area contributed by atoms with Gasteiger partial charge < -0.3 is 4.90 Å². The molecule has 2 atom stereocenters. The van der Waals surface area contributed by atoms with Crippen molar-refractivity contribution in [1.82, 2.24) is 4.90 Å². The first-order chi connectivity index (χ1) is 11.2.